The summed E-state index contributed by atoms with van der Waals surface area (Å²) >= 11 is 1.79. The van der Waals surface area contributed by atoms with E-state index < -0.39 is 0 Å². The second-order valence-corrected chi connectivity index (χ2v) is 6.70. The van der Waals surface area contributed by atoms with Crippen LogP contribution in [0.4, 0.5) is 0 Å². The molecule has 0 bridgehead atoms. The number of hydrogen-bond acceptors (Lipinski definition) is 2. The van der Waals surface area contributed by atoms with E-state index in [0.29, 0.717) is 12.2 Å². The molecule has 0 unspecified atom stereocenters. The van der Waals surface area contributed by atoms with Gasteiger partial charge < -0.3 is 0 Å². The first-order valence-corrected chi connectivity index (χ1v) is 7.35. The average molecular weight is 260 g/mol. The normalized spacial score (nSPS) is 11.9. The summed E-state index contributed by atoms with van der Waals surface area (Å²) in [7, 11) is 0. The van der Waals surface area contributed by atoms with Crippen molar-refractivity contribution in [2.24, 2.45) is 5.41 Å². The first kappa shape index (κ1) is 13.3. The van der Waals surface area contributed by atoms with Crippen LogP contribution in [0.3, 0.4) is 0 Å². The number of carbonyl (C=O) groups is 1. The van der Waals surface area contributed by atoms with Crippen LogP contribution in [0.15, 0.2) is 29.6 Å². The molecule has 0 aliphatic carbocycles. The van der Waals surface area contributed by atoms with E-state index in [1.54, 1.807) is 11.3 Å². The number of carbonyl (C=O) groups excluding carboxylic acids is 1. The quantitative estimate of drug-likeness (QED) is 0.768. The Bertz CT molecular complexity index is 545. The smallest absolute Gasteiger partial charge is 0.138 e. The van der Waals surface area contributed by atoms with Gasteiger partial charge in [0, 0.05) is 16.5 Å². The van der Waals surface area contributed by atoms with Crippen molar-refractivity contribution in [3.05, 3.63) is 35.2 Å². The van der Waals surface area contributed by atoms with E-state index in [1.807, 2.05) is 20.8 Å². The van der Waals surface area contributed by atoms with Gasteiger partial charge in [-0.1, -0.05) is 39.0 Å². The number of aryl methyl sites for hydroxylation is 1. The van der Waals surface area contributed by atoms with Crippen LogP contribution in [0.1, 0.15) is 39.2 Å². The van der Waals surface area contributed by atoms with E-state index >= 15 is 0 Å². The third-order valence-electron chi connectivity index (χ3n) is 3.25. The molecule has 0 spiro atoms. The zero-order valence-corrected chi connectivity index (χ0v) is 12.1. The third-order valence-corrected chi connectivity index (χ3v) is 4.26. The Kier molecular flexibility index (Phi) is 3.86. The zero-order chi connectivity index (χ0) is 13.2. The minimum Gasteiger partial charge on any atom is -0.299 e. The topological polar surface area (TPSA) is 17.1 Å². The van der Waals surface area contributed by atoms with Crippen molar-refractivity contribution < 1.29 is 4.79 Å². The molecule has 2 rings (SSSR count). The SMILES string of the molecule is CC(C)(C)C(=O)CCCc1csc2ccccc12. The van der Waals surface area contributed by atoms with Crippen LogP contribution in [0.25, 0.3) is 10.1 Å². The standard InChI is InChI=1S/C16H20OS/c1-16(2,3)15(17)10-6-7-12-11-18-14-9-5-4-8-13(12)14/h4-5,8-9,11H,6-7,10H2,1-3H3. The van der Waals surface area contributed by atoms with Crippen molar-refractivity contribution in [2.75, 3.05) is 0 Å². The van der Waals surface area contributed by atoms with Crippen LogP contribution in [0.2, 0.25) is 0 Å². The molecule has 0 aliphatic heterocycles. The summed E-state index contributed by atoms with van der Waals surface area (Å²) in [4.78, 5) is 11.9. The van der Waals surface area contributed by atoms with Crippen molar-refractivity contribution in [3.8, 4) is 0 Å². The number of rotatable bonds is 4. The van der Waals surface area contributed by atoms with E-state index in [2.05, 4.69) is 29.6 Å². The highest BCUT2D eigenvalue weighted by Gasteiger charge is 2.20. The molecular formula is C16H20OS. The summed E-state index contributed by atoms with van der Waals surface area (Å²) < 4.78 is 1.34. The summed E-state index contributed by atoms with van der Waals surface area (Å²) in [6.07, 6.45) is 2.65. The molecular weight excluding hydrogens is 240 g/mol. The molecule has 96 valence electrons. The summed E-state index contributed by atoms with van der Waals surface area (Å²) in [5.74, 6) is 0.363. The Morgan fingerprint density at radius 1 is 1.22 bits per heavy atom. The van der Waals surface area contributed by atoms with Gasteiger partial charge in [-0.3, -0.25) is 4.79 Å². The third kappa shape index (κ3) is 2.99. The fraction of sp³-hybridized carbons (Fsp3) is 0.438. The molecule has 1 aromatic carbocycles. The Morgan fingerprint density at radius 3 is 2.67 bits per heavy atom. The Morgan fingerprint density at radius 2 is 1.94 bits per heavy atom. The Labute approximate surface area is 113 Å². The fourth-order valence-corrected chi connectivity index (χ4v) is 3.04. The van der Waals surface area contributed by atoms with Crippen LogP contribution in [-0.4, -0.2) is 5.78 Å². The molecule has 0 saturated heterocycles. The van der Waals surface area contributed by atoms with Gasteiger partial charge in [0.15, 0.2) is 0 Å². The van der Waals surface area contributed by atoms with Crippen molar-refractivity contribution in [2.45, 2.75) is 40.0 Å². The van der Waals surface area contributed by atoms with Crippen molar-refractivity contribution in [1.82, 2.24) is 0 Å². The van der Waals surface area contributed by atoms with Crippen LogP contribution in [-0.2, 0) is 11.2 Å². The summed E-state index contributed by atoms with van der Waals surface area (Å²) in [5.41, 5.74) is 1.19. The minimum absolute atomic E-state index is 0.198. The predicted molar refractivity (Wildman–Crippen MR) is 79.2 cm³/mol. The molecule has 0 saturated carbocycles. The second-order valence-electron chi connectivity index (χ2n) is 5.78. The highest BCUT2D eigenvalue weighted by Crippen LogP contribution is 2.27. The van der Waals surface area contributed by atoms with E-state index in [1.165, 1.54) is 15.6 Å². The van der Waals surface area contributed by atoms with Crippen molar-refractivity contribution >= 4 is 27.2 Å². The highest BCUT2D eigenvalue weighted by molar-refractivity contribution is 7.17. The lowest BCUT2D eigenvalue weighted by molar-refractivity contribution is -0.126. The monoisotopic (exact) mass is 260 g/mol. The van der Waals surface area contributed by atoms with Gasteiger partial charge in [-0.15, -0.1) is 11.3 Å². The molecule has 0 atom stereocenters. The lowest BCUT2D eigenvalue weighted by atomic mass is 9.87. The molecule has 0 radical (unpaired) electrons. The van der Waals surface area contributed by atoms with Gasteiger partial charge in [-0.2, -0.15) is 0 Å². The molecule has 1 nitrogen and oxygen atoms in total. The Balaban J connectivity index is 1.97. The van der Waals surface area contributed by atoms with Crippen molar-refractivity contribution in [3.63, 3.8) is 0 Å². The number of fused-ring (bicyclic) bond motifs is 1. The number of ketones is 1. The van der Waals surface area contributed by atoms with Gasteiger partial charge in [0.1, 0.15) is 5.78 Å². The summed E-state index contributed by atoms with van der Waals surface area (Å²) in [5, 5.41) is 3.58. The molecule has 0 aliphatic rings. The Hall–Kier alpha value is -1.15. The van der Waals surface area contributed by atoms with Gasteiger partial charge in [-0.25, -0.2) is 0 Å². The number of hydrogen-bond donors (Lipinski definition) is 0. The summed E-state index contributed by atoms with van der Waals surface area (Å²) in [6, 6.07) is 8.49. The first-order chi connectivity index (χ1) is 8.48. The van der Waals surface area contributed by atoms with Gasteiger partial charge in [0.25, 0.3) is 0 Å². The minimum atomic E-state index is -0.198. The first-order valence-electron chi connectivity index (χ1n) is 6.47. The maximum absolute atomic E-state index is 11.9. The summed E-state index contributed by atoms with van der Waals surface area (Å²) in [6.45, 7) is 5.99. The molecule has 0 amide bonds. The molecule has 0 fully saturated rings. The lowest BCUT2D eigenvalue weighted by Gasteiger charge is -2.16. The highest BCUT2D eigenvalue weighted by atomic mass is 32.1. The number of Topliss-reactive ketones (excluding diaryl/α,β-unsaturated/α-hetero) is 1. The lowest BCUT2D eigenvalue weighted by Crippen LogP contribution is -2.19. The molecule has 2 heteroatoms. The van der Waals surface area contributed by atoms with Crippen LogP contribution >= 0.6 is 11.3 Å². The van der Waals surface area contributed by atoms with Gasteiger partial charge in [0.05, 0.1) is 0 Å². The number of thiophene rings is 1. The molecule has 0 N–H and O–H groups in total. The molecule has 1 heterocycles. The second kappa shape index (κ2) is 5.23. The molecule has 2 aromatic rings. The fourth-order valence-electron chi connectivity index (χ4n) is 2.04. The average Bonchev–Trinajstić information content (AvgIpc) is 2.71. The number of benzene rings is 1. The van der Waals surface area contributed by atoms with E-state index in [-0.39, 0.29) is 5.41 Å². The van der Waals surface area contributed by atoms with Gasteiger partial charge in [0.2, 0.25) is 0 Å². The maximum atomic E-state index is 11.9. The maximum Gasteiger partial charge on any atom is 0.138 e. The molecule has 18 heavy (non-hydrogen) atoms. The molecule has 1 aromatic heterocycles. The van der Waals surface area contributed by atoms with E-state index in [4.69, 9.17) is 0 Å². The van der Waals surface area contributed by atoms with Crippen molar-refractivity contribution in [1.29, 1.82) is 0 Å². The van der Waals surface area contributed by atoms with Gasteiger partial charge in [-0.05, 0) is 35.2 Å². The predicted octanol–water partition coefficient (Wildman–Crippen LogP) is 4.84. The zero-order valence-electron chi connectivity index (χ0n) is 11.3. The van der Waals surface area contributed by atoms with Gasteiger partial charge >= 0.3 is 0 Å². The van der Waals surface area contributed by atoms with Crippen LogP contribution in [0, 0.1) is 5.41 Å². The van der Waals surface area contributed by atoms with E-state index in [9.17, 15) is 4.79 Å². The van der Waals surface area contributed by atoms with Crippen LogP contribution < -0.4 is 0 Å². The van der Waals surface area contributed by atoms with Crippen LogP contribution in [0.5, 0.6) is 0 Å². The largest absolute Gasteiger partial charge is 0.299 e. The van der Waals surface area contributed by atoms with E-state index in [0.717, 1.165) is 12.8 Å².